The van der Waals surface area contributed by atoms with Gasteiger partial charge < -0.3 is 0 Å². The van der Waals surface area contributed by atoms with Crippen LogP contribution in [0.25, 0.3) is 89.3 Å². The minimum Gasteiger partial charge on any atom is -0.248 e. The van der Waals surface area contributed by atoms with Gasteiger partial charge in [0.25, 0.3) is 0 Å². The van der Waals surface area contributed by atoms with E-state index in [0.29, 0.717) is 0 Å². The van der Waals surface area contributed by atoms with E-state index in [2.05, 4.69) is 224 Å². The third-order valence-corrected chi connectivity index (χ3v) is 10.0. The molecule has 54 heavy (non-hydrogen) atoms. The quantitative estimate of drug-likeness (QED) is 0.155. The SMILES string of the molecule is c1ccc(-c2cc(-c3ccccc3)cc(-c3cccc(-c4cc(-c5ccccc5)cc(-c5cc(-c6ccccc6)nc(-c6ccccc6)c5)c4)c3)c2)cc1. The van der Waals surface area contributed by atoms with Gasteiger partial charge in [-0.3, -0.25) is 0 Å². The van der Waals surface area contributed by atoms with E-state index >= 15 is 0 Å². The monoisotopic (exact) mass is 687 g/mol. The van der Waals surface area contributed by atoms with Crippen LogP contribution in [0.2, 0.25) is 0 Å². The maximum Gasteiger partial charge on any atom is 0.0715 e. The number of hydrogen-bond acceptors (Lipinski definition) is 1. The second-order valence-electron chi connectivity index (χ2n) is 13.6. The average Bonchev–Trinajstić information content (AvgIpc) is 3.27. The molecule has 1 heteroatoms. The number of aromatic nitrogens is 1. The Morgan fingerprint density at radius 3 is 0.722 bits per heavy atom. The van der Waals surface area contributed by atoms with E-state index in [1.807, 2.05) is 0 Å². The van der Waals surface area contributed by atoms with Gasteiger partial charge in [0.2, 0.25) is 0 Å². The van der Waals surface area contributed by atoms with Crippen molar-refractivity contribution in [3.63, 3.8) is 0 Å². The van der Waals surface area contributed by atoms with Gasteiger partial charge in [0.15, 0.2) is 0 Å². The lowest BCUT2D eigenvalue weighted by Gasteiger charge is -2.15. The van der Waals surface area contributed by atoms with Crippen LogP contribution in [0, 0.1) is 0 Å². The summed E-state index contributed by atoms with van der Waals surface area (Å²) in [5.41, 5.74) is 18.2. The summed E-state index contributed by atoms with van der Waals surface area (Å²) in [4.78, 5) is 5.16. The molecule has 1 aromatic heterocycles. The fourth-order valence-corrected chi connectivity index (χ4v) is 7.24. The topological polar surface area (TPSA) is 12.9 Å². The highest BCUT2D eigenvalue weighted by Crippen LogP contribution is 2.38. The van der Waals surface area contributed by atoms with E-state index in [9.17, 15) is 0 Å². The van der Waals surface area contributed by atoms with E-state index < -0.39 is 0 Å². The molecule has 254 valence electrons. The van der Waals surface area contributed by atoms with E-state index in [0.717, 1.165) is 39.2 Å². The summed E-state index contributed by atoms with van der Waals surface area (Å²) in [7, 11) is 0. The van der Waals surface area contributed by atoms with Crippen LogP contribution < -0.4 is 0 Å². The Kier molecular flexibility index (Phi) is 9.03. The Hall–Kier alpha value is -7.09. The van der Waals surface area contributed by atoms with Crippen molar-refractivity contribution in [3.8, 4) is 89.3 Å². The Morgan fingerprint density at radius 2 is 0.389 bits per heavy atom. The van der Waals surface area contributed by atoms with Crippen molar-refractivity contribution in [1.82, 2.24) is 4.98 Å². The third-order valence-electron chi connectivity index (χ3n) is 10.0. The van der Waals surface area contributed by atoms with E-state index in [1.165, 1.54) is 50.1 Å². The maximum atomic E-state index is 5.16. The Morgan fingerprint density at radius 1 is 0.167 bits per heavy atom. The maximum absolute atomic E-state index is 5.16. The zero-order chi connectivity index (χ0) is 36.1. The van der Waals surface area contributed by atoms with Gasteiger partial charge in [-0.1, -0.05) is 170 Å². The van der Waals surface area contributed by atoms with E-state index in [4.69, 9.17) is 4.98 Å². The number of nitrogens with zero attached hydrogens (tertiary/aromatic N) is 1. The molecule has 0 saturated heterocycles. The summed E-state index contributed by atoms with van der Waals surface area (Å²) < 4.78 is 0. The van der Waals surface area contributed by atoms with Gasteiger partial charge in [0.1, 0.15) is 0 Å². The molecular formula is C53H37N. The molecule has 0 N–H and O–H groups in total. The fourth-order valence-electron chi connectivity index (χ4n) is 7.24. The zero-order valence-corrected chi connectivity index (χ0v) is 29.8. The minimum atomic E-state index is 0.952. The van der Waals surface area contributed by atoms with Crippen LogP contribution in [0.1, 0.15) is 0 Å². The number of benzene rings is 8. The molecule has 9 rings (SSSR count). The summed E-state index contributed by atoms with van der Waals surface area (Å²) >= 11 is 0. The van der Waals surface area contributed by atoms with Gasteiger partial charge in [0, 0.05) is 11.1 Å². The molecule has 0 unspecified atom stereocenters. The minimum absolute atomic E-state index is 0.952. The molecule has 0 aliphatic carbocycles. The van der Waals surface area contributed by atoms with Crippen LogP contribution in [-0.4, -0.2) is 4.98 Å². The standard InChI is InChI=1S/C53H37N/c1-6-17-38(18-7-1)45-30-46(39-19-8-2-9-20-39)32-48(31-45)43-27-16-28-44(29-43)49-33-47(40-21-10-3-11-22-40)34-50(35-49)51-36-52(41-23-12-4-13-24-41)54-53(37-51)42-25-14-5-15-26-42/h1-37H. The Labute approximate surface area is 317 Å². The lowest BCUT2D eigenvalue weighted by atomic mass is 9.90. The zero-order valence-electron chi connectivity index (χ0n) is 29.8. The van der Waals surface area contributed by atoms with Crippen molar-refractivity contribution < 1.29 is 0 Å². The fraction of sp³-hybridized carbons (Fsp3) is 0. The summed E-state index contributed by atoms with van der Waals surface area (Å²) in [5.74, 6) is 0. The number of hydrogen-bond donors (Lipinski definition) is 0. The molecule has 1 nitrogen and oxygen atoms in total. The Bertz CT molecular complexity index is 2550. The highest BCUT2D eigenvalue weighted by molar-refractivity contribution is 5.87. The van der Waals surface area contributed by atoms with Crippen molar-refractivity contribution in [2.24, 2.45) is 0 Å². The second kappa shape index (κ2) is 14.9. The van der Waals surface area contributed by atoms with Crippen LogP contribution in [0.3, 0.4) is 0 Å². The molecule has 0 atom stereocenters. The molecule has 0 aliphatic heterocycles. The summed E-state index contributed by atoms with van der Waals surface area (Å²) in [6, 6.07) is 80.3. The lowest BCUT2D eigenvalue weighted by molar-refractivity contribution is 1.32. The van der Waals surface area contributed by atoms with Gasteiger partial charge in [-0.2, -0.15) is 0 Å². The smallest absolute Gasteiger partial charge is 0.0715 e. The first kappa shape index (κ1) is 32.8. The summed E-state index contributed by atoms with van der Waals surface area (Å²) in [6.07, 6.45) is 0. The predicted molar refractivity (Wildman–Crippen MR) is 228 cm³/mol. The van der Waals surface area contributed by atoms with Crippen LogP contribution in [0.5, 0.6) is 0 Å². The summed E-state index contributed by atoms with van der Waals surface area (Å²) in [5, 5.41) is 0. The average molecular weight is 688 g/mol. The van der Waals surface area contributed by atoms with Crippen LogP contribution in [0.4, 0.5) is 0 Å². The molecule has 8 aromatic carbocycles. The summed E-state index contributed by atoms with van der Waals surface area (Å²) in [6.45, 7) is 0. The first-order valence-corrected chi connectivity index (χ1v) is 18.4. The molecule has 0 radical (unpaired) electrons. The normalized spacial score (nSPS) is 11.0. The van der Waals surface area contributed by atoms with E-state index in [1.54, 1.807) is 0 Å². The molecule has 0 fully saturated rings. The van der Waals surface area contributed by atoms with Crippen LogP contribution >= 0.6 is 0 Å². The molecule has 0 bridgehead atoms. The lowest BCUT2D eigenvalue weighted by Crippen LogP contribution is -1.92. The van der Waals surface area contributed by atoms with Gasteiger partial charge in [-0.05, 0) is 121 Å². The largest absolute Gasteiger partial charge is 0.248 e. The highest BCUT2D eigenvalue weighted by atomic mass is 14.7. The first-order valence-electron chi connectivity index (χ1n) is 18.4. The molecule has 0 spiro atoms. The van der Waals surface area contributed by atoms with Gasteiger partial charge in [-0.15, -0.1) is 0 Å². The van der Waals surface area contributed by atoms with Crippen molar-refractivity contribution in [2.75, 3.05) is 0 Å². The van der Waals surface area contributed by atoms with Gasteiger partial charge in [0.05, 0.1) is 11.4 Å². The first-order chi connectivity index (χ1) is 26.7. The number of rotatable bonds is 8. The van der Waals surface area contributed by atoms with Gasteiger partial charge in [-0.25, -0.2) is 4.98 Å². The van der Waals surface area contributed by atoms with Crippen LogP contribution in [-0.2, 0) is 0 Å². The second-order valence-corrected chi connectivity index (χ2v) is 13.6. The molecule has 0 aliphatic rings. The van der Waals surface area contributed by atoms with Gasteiger partial charge >= 0.3 is 0 Å². The molecule has 0 saturated carbocycles. The molecule has 0 amide bonds. The molecular weight excluding hydrogens is 651 g/mol. The van der Waals surface area contributed by atoms with Crippen molar-refractivity contribution in [3.05, 3.63) is 224 Å². The number of pyridine rings is 1. The van der Waals surface area contributed by atoms with E-state index in [-0.39, 0.29) is 0 Å². The Balaban J connectivity index is 1.20. The highest BCUT2D eigenvalue weighted by Gasteiger charge is 2.14. The van der Waals surface area contributed by atoms with Crippen molar-refractivity contribution in [2.45, 2.75) is 0 Å². The van der Waals surface area contributed by atoms with Crippen LogP contribution in [0.15, 0.2) is 224 Å². The predicted octanol–water partition coefficient (Wildman–Crippen LogP) is 14.4. The van der Waals surface area contributed by atoms with Crippen molar-refractivity contribution in [1.29, 1.82) is 0 Å². The molecule has 1 heterocycles. The molecule has 9 aromatic rings. The van der Waals surface area contributed by atoms with Crippen molar-refractivity contribution >= 4 is 0 Å². The third kappa shape index (κ3) is 7.04.